The van der Waals surface area contributed by atoms with E-state index in [0.717, 1.165) is 63.0 Å². The maximum absolute atomic E-state index is 6.18. The van der Waals surface area contributed by atoms with Crippen LogP contribution in [0.1, 0.15) is 49.8 Å². The quantitative estimate of drug-likeness (QED) is 0.124. The molecule has 3 heterocycles. The second kappa shape index (κ2) is 14.0. The van der Waals surface area contributed by atoms with Crippen molar-refractivity contribution in [3.05, 3.63) is 126 Å². The Hall–Kier alpha value is -3.31. The van der Waals surface area contributed by atoms with Crippen LogP contribution >= 0.6 is 0 Å². The molecule has 0 saturated heterocycles. The van der Waals surface area contributed by atoms with Crippen molar-refractivity contribution in [2.75, 3.05) is 0 Å². The van der Waals surface area contributed by atoms with Crippen molar-refractivity contribution >= 4 is 51.0 Å². The zero-order chi connectivity index (χ0) is 30.8. The Morgan fingerprint density at radius 3 is 2.36 bits per heavy atom. The molecule has 0 aliphatic carbocycles. The Kier molecular flexibility index (Phi) is 10.3. The molecule has 4 aromatic carbocycles. The van der Waals surface area contributed by atoms with Gasteiger partial charge in [0.15, 0.2) is 0 Å². The molecule has 7 rings (SSSR count). The van der Waals surface area contributed by atoms with Crippen molar-refractivity contribution < 1.29 is 24.5 Å². The summed E-state index contributed by atoms with van der Waals surface area (Å²) >= 11 is -1.86. The molecule has 1 aliphatic rings. The van der Waals surface area contributed by atoms with E-state index in [2.05, 4.69) is 98.8 Å². The fraction of sp³-hybridized carbons (Fsp3) is 0.250. The molecule has 45 heavy (non-hydrogen) atoms. The molecule has 1 aliphatic heterocycles. The van der Waals surface area contributed by atoms with E-state index in [1.165, 1.54) is 11.1 Å². The van der Waals surface area contributed by atoms with Crippen LogP contribution in [0.2, 0.25) is 17.3 Å². The van der Waals surface area contributed by atoms with E-state index >= 15 is 0 Å². The van der Waals surface area contributed by atoms with Gasteiger partial charge in [0.05, 0.1) is 11.3 Å². The molecule has 0 amide bonds. The van der Waals surface area contributed by atoms with Crippen molar-refractivity contribution in [3.63, 3.8) is 0 Å². The summed E-state index contributed by atoms with van der Waals surface area (Å²) < 4.78 is 7.72. The first-order valence-corrected chi connectivity index (χ1v) is 23.0. The summed E-state index contributed by atoms with van der Waals surface area (Å²) in [6.07, 6.45) is 4.29. The average Bonchev–Trinajstić information content (AvgIpc) is 3.59. The van der Waals surface area contributed by atoms with Crippen molar-refractivity contribution in [3.8, 4) is 11.3 Å². The predicted octanol–water partition coefficient (Wildman–Crippen LogP) is 10.3. The van der Waals surface area contributed by atoms with Gasteiger partial charge in [-0.25, -0.2) is 0 Å². The number of aliphatic imine (C=N–C) groups is 1. The van der Waals surface area contributed by atoms with Gasteiger partial charge in [0, 0.05) is 25.5 Å². The van der Waals surface area contributed by atoms with Crippen LogP contribution in [-0.2, 0) is 26.5 Å². The summed E-state index contributed by atoms with van der Waals surface area (Å²) in [5.41, 5.74) is 9.88. The van der Waals surface area contributed by atoms with Crippen LogP contribution in [0.25, 0.3) is 33.2 Å². The standard InChI is InChI=1S/C22H16NO.C18H24GeN.Ir/c1-2-14-15-8-3-5-12-19(15)23-21(14)18-11-7-10-17-16-9-4-6-13-20(16)24-22(17)18;1-14(2)11-16-12-18(15-9-7-6-8-10-15)20-13-17(16)19(3,4)5;/h3-10,12-14H,2H2,1H3;6-9,12-14H,11H2,1-5H3;/q2*-1;. The minimum Gasteiger partial charge on any atom is -0.501 e. The van der Waals surface area contributed by atoms with E-state index < -0.39 is 13.3 Å². The molecule has 6 aromatic rings. The monoisotopic (exact) mass is 831 g/mol. The fourth-order valence-corrected chi connectivity index (χ4v) is 9.58. The maximum Gasteiger partial charge on any atom is 0.120 e. The number of aromatic nitrogens is 1. The first-order chi connectivity index (χ1) is 21.2. The number of rotatable bonds is 6. The topological polar surface area (TPSA) is 38.4 Å². The number of hydrogen-bond acceptors (Lipinski definition) is 3. The minimum absolute atomic E-state index is 0. The van der Waals surface area contributed by atoms with Gasteiger partial charge in [-0.3, -0.25) is 0 Å². The summed E-state index contributed by atoms with van der Waals surface area (Å²) in [6, 6.07) is 37.7. The zero-order valence-electron chi connectivity index (χ0n) is 26.9. The first kappa shape index (κ1) is 33.1. The summed E-state index contributed by atoms with van der Waals surface area (Å²) in [4.78, 5) is 9.62. The van der Waals surface area contributed by atoms with Crippen LogP contribution in [0.3, 0.4) is 0 Å². The molecule has 231 valence electrons. The Morgan fingerprint density at radius 2 is 1.62 bits per heavy atom. The largest absolute Gasteiger partial charge is 0.501 e. The van der Waals surface area contributed by atoms with Crippen LogP contribution in [-0.4, -0.2) is 24.0 Å². The summed E-state index contributed by atoms with van der Waals surface area (Å²) in [5.74, 6) is 8.30. The van der Waals surface area contributed by atoms with Crippen molar-refractivity contribution in [1.29, 1.82) is 0 Å². The van der Waals surface area contributed by atoms with E-state index in [-0.39, 0.29) is 20.1 Å². The average molecular weight is 830 g/mol. The van der Waals surface area contributed by atoms with Crippen molar-refractivity contribution in [2.24, 2.45) is 10.9 Å². The normalized spacial score (nSPS) is 14.1. The van der Waals surface area contributed by atoms with E-state index in [1.54, 1.807) is 4.40 Å². The third-order valence-corrected chi connectivity index (χ3v) is 12.6. The third-order valence-electron chi connectivity index (χ3n) is 8.30. The Balaban J connectivity index is 0.000000177. The van der Waals surface area contributed by atoms with Gasteiger partial charge in [-0.2, -0.15) is 0 Å². The van der Waals surface area contributed by atoms with Gasteiger partial charge < -0.3 is 9.41 Å². The number of nitrogens with zero attached hydrogens (tertiary/aromatic N) is 2. The number of para-hydroxylation sites is 2. The van der Waals surface area contributed by atoms with Crippen LogP contribution < -0.4 is 4.40 Å². The number of pyridine rings is 1. The summed E-state index contributed by atoms with van der Waals surface area (Å²) in [6.45, 7) is 6.78. The van der Waals surface area contributed by atoms with E-state index in [9.17, 15) is 0 Å². The first-order valence-electron chi connectivity index (χ1n) is 15.7. The van der Waals surface area contributed by atoms with Crippen LogP contribution in [0.15, 0.2) is 107 Å². The van der Waals surface area contributed by atoms with E-state index in [4.69, 9.17) is 14.4 Å². The molecule has 1 radical (unpaired) electrons. The van der Waals surface area contributed by atoms with Crippen LogP contribution in [0, 0.1) is 18.1 Å². The minimum atomic E-state index is -1.86. The predicted molar refractivity (Wildman–Crippen MR) is 188 cm³/mol. The van der Waals surface area contributed by atoms with E-state index in [0.29, 0.717) is 11.8 Å². The molecule has 3 nitrogen and oxygen atoms in total. The molecular weight excluding hydrogens is 789 g/mol. The van der Waals surface area contributed by atoms with Crippen molar-refractivity contribution in [2.45, 2.75) is 56.8 Å². The molecule has 0 spiro atoms. The van der Waals surface area contributed by atoms with Gasteiger partial charge in [0.1, 0.15) is 5.58 Å². The Labute approximate surface area is 283 Å². The summed E-state index contributed by atoms with van der Waals surface area (Å²) in [7, 11) is 0. The molecule has 1 atom stereocenters. The van der Waals surface area contributed by atoms with Crippen LogP contribution in [0.5, 0.6) is 0 Å². The summed E-state index contributed by atoms with van der Waals surface area (Å²) in [5, 5.41) is 2.28. The van der Waals surface area contributed by atoms with Gasteiger partial charge in [-0.1, -0.05) is 60.7 Å². The molecular formula is C40H40GeIrN2O-2. The molecule has 1 unspecified atom stereocenters. The molecule has 5 heteroatoms. The second-order valence-electron chi connectivity index (χ2n) is 13.1. The third kappa shape index (κ3) is 6.94. The Morgan fingerprint density at radius 1 is 0.867 bits per heavy atom. The van der Waals surface area contributed by atoms with E-state index in [1.807, 2.05) is 48.5 Å². The second-order valence-corrected chi connectivity index (χ2v) is 23.6. The van der Waals surface area contributed by atoms with Crippen molar-refractivity contribution in [1.82, 2.24) is 4.98 Å². The van der Waals surface area contributed by atoms with Gasteiger partial charge in [0.25, 0.3) is 0 Å². The number of fused-ring (bicyclic) bond motifs is 4. The van der Waals surface area contributed by atoms with Gasteiger partial charge >= 0.3 is 126 Å². The van der Waals surface area contributed by atoms with Gasteiger partial charge in [0.2, 0.25) is 0 Å². The molecule has 2 aromatic heterocycles. The fourth-order valence-electron chi connectivity index (χ4n) is 6.24. The zero-order valence-corrected chi connectivity index (χ0v) is 31.4. The number of hydrogen-bond donors (Lipinski definition) is 0. The SMILES string of the molecule is CC(C)Cc1cc(-c2[c-]cccc2)nc[c]1[Ge]([CH3])([CH3])[CH3].CCC1C(c2[c-]ccc3c2oc2ccccc23)=Nc2ccccc21.[Ir]. The molecule has 0 saturated carbocycles. The van der Waals surface area contributed by atoms with Gasteiger partial charge in [-0.05, 0) is 29.3 Å². The van der Waals surface area contributed by atoms with Gasteiger partial charge in [-0.15, -0.1) is 18.2 Å². The number of benzene rings is 4. The van der Waals surface area contributed by atoms with Crippen LogP contribution in [0.4, 0.5) is 5.69 Å². The molecule has 0 N–H and O–H groups in total. The molecule has 0 fully saturated rings. The maximum atomic E-state index is 6.18. The smallest absolute Gasteiger partial charge is 0.120 e. The number of furan rings is 1. The molecule has 0 bridgehead atoms. The Bertz CT molecular complexity index is 1950.